The summed E-state index contributed by atoms with van der Waals surface area (Å²) in [5.74, 6) is -1.60. The maximum atomic E-state index is 13.1. The van der Waals surface area contributed by atoms with Crippen molar-refractivity contribution in [2.45, 2.75) is 19.1 Å². The molecule has 1 atom stereocenters. The van der Waals surface area contributed by atoms with E-state index in [0.717, 1.165) is 17.7 Å². The van der Waals surface area contributed by atoms with Gasteiger partial charge in [-0.25, -0.2) is 0 Å². The highest BCUT2D eigenvalue weighted by Gasteiger charge is 2.37. The van der Waals surface area contributed by atoms with E-state index >= 15 is 0 Å². The fraction of sp³-hybridized carbons (Fsp3) is 0.278. The average molecular weight is 398 g/mol. The molecule has 0 bridgehead atoms. The SMILES string of the molecule is O=C(Nc1ccc(Cl)cc1C(F)(F)F)C1CC(=O)N(Cc2cccnc2)C1. The van der Waals surface area contributed by atoms with Crippen molar-refractivity contribution >= 4 is 29.1 Å². The standard InChI is InChI=1S/C18H15ClF3N3O2/c19-13-3-4-15(14(7-13)18(20,21)22)24-17(27)12-6-16(26)25(10-12)9-11-2-1-5-23-8-11/h1-5,7-8,12H,6,9-10H2,(H,24,27). The summed E-state index contributed by atoms with van der Waals surface area (Å²) in [4.78, 5) is 30.0. The Labute approximate surface area is 158 Å². The van der Waals surface area contributed by atoms with Gasteiger partial charge < -0.3 is 10.2 Å². The fourth-order valence-corrected chi connectivity index (χ4v) is 3.08. The van der Waals surface area contributed by atoms with Gasteiger partial charge in [0.2, 0.25) is 11.8 Å². The van der Waals surface area contributed by atoms with E-state index in [2.05, 4.69) is 10.3 Å². The molecule has 9 heteroatoms. The minimum absolute atomic E-state index is 0.0545. The molecule has 2 aromatic rings. The van der Waals surface area contributed by atoms with Gasteiger partial charge in [0.15, 0.2) is 0 Å². The van der Waals surface area contributed by atoms with E-state index in [-0.39, 0.29) is 29.6 Å². The number of rotatable bonds is 4. The molecule has 1 saturated heterocycles. The second kappa shape index (κ2) is 7.56. The Morgan fingerprint density at radius 3 is 2.78 bits per heavy atom. The number of carbonyl (C=O) groups is 2. The number of pyridine rings is 1. The lowest BCUT2D eigenvalue weighted by Gasteiger charge is -2.18. The Hall–Kier alpha value is -2.61. The Morgan fingerprint density at radius 1 is 1.33 bits per heavy atom. The van der Waals surface area contributed by atoms with Crippen molar-refractivity contribution in [1.29, 1.82) is 0 Å². The van der Waals surface area contributed by atoms with Gasteiger partial charge >= 0.3 is 6.18 Å². The zero-order valence-corrected chi connectivity index (χ0v) is 14.7. The third-order valence-corrected chi connectivity index (χ3v) is 4.46. The molecule has 5 nitrogen and oxygen atoms in total. The van der Waals surface area contributed by atoms with Gasteiger partial charge in [0.1, 0.15) is 0 Å². The highest BCUT2D eigenvalue weighted by Crippen LogP contribution is 2.37. The van der Waals surface area contributed by atoms with Gasteiger partial charge in [-0.05, 0) is 29.8 Å². The van der Waals surface area contributed by atoms with Crippen molar-refractivity contribution < 1.29 is 22.8 Å². The number of halogens is 4. The molecule has 1 aliphatic rings. The van der Waals surface area contributed by atoms with Gasteiger partial charge in [-0.15, -0.1) is 0 Å². The quantitative estimate of drug-likeness (QED) is 0.854. The van der Waals surface area contributed by atoms with E-state index < -0.39 is 23.6 Å². The van der Waals surface area contributed by atoms with Crippen LogP contribution in [-0.2, 0) is 22.3 Å². The molecule has 3 rings (SSSR count). The van der Waals surface area contributed by atoms with Gasteiger partial charge in [0.05, 0.1) is 17.2 Å². The van der Waals surface area contributed by atoms with Crippen LogP contribution in [0.15, 0.2) is 42.7 Å². The van der Waals surface area contributed by atoms with Crippen LogP contribution in [0.3, 0.4) is 0 Å². The summed E-state index contributed by atoms with van der Waals surface area (Å²) in [5, 5.41) is 2.20. The number of alkyl halides is 3. The number of carbonyl (C=O) groups excluding carboxylic acids is 2. The van der Waals surface area contributed by atoms with Crippen LogP contribution in [0.2, 0.25) is 5.02 Å². The van der Waals surface area contributed by atoms with E-state index in [1.165, 1.54) is 11.0 Å². The fourth-order valence-electron chi connectivity index (χ4n) is 2.91. The molecule has 1 fully saturated rings. The summed E-state index contributed by atoms with van der Waals surface area (Å²) in [7, 11) is 0. The molecule has 2 amide bonds. The van der Waals surface area contributed by atoms with Crippen molar-refractivity contribution in [1.82, 2.24) is 9.88 Å². The zero-order chi connectivity index (χ0) is 19.6. The van der Waals surface area contributed by atoms with Crippen molar-refractivity contribution in [2.24, 2.45) is 5.92 Å². The van der Waals surface area contributed by atoms with E-state index in [9.17, 15) is 22.8 Å². The number of amides is 2. The third-order valence-electron chi connectivity index (χ3n) is 4.23. The summed E-state index contributed by atoms with van der Waals surface area (Å²) in [5.41, 5.74) is -0.598. The summed E-state index contributed by atoms with van der Waals surface area (Å²) in [6, 6.07) is 6.66. The minimum atomic E-state index is -4.66. The van der Waals surface area contributed by atoms with Gasteiger partial charge in [0, 0.05) is 36.9 Å². The Morgan fingerprint density at radius 2 is 2.11 bits per heavy atom. The smallest absolute Gasteiger partial charge is 0.337 e. The van der Waals surface area contributed by atoms with Crippen LogP contribution >= 0.6 is 11.6 Å². The molecule has 0 aliphatic carbocycles. The number of hydrogen-bond acceptors (Lipinski definition) is 3. The van der Waals surface area contributed by atoms with E-state index in [1.54, 1.807) is 24.5 Å². The van der Waals surface area contributed by atoms with Gasteiger partial charge in [-0.2, -0.15) is 13.2 Å². The summed E-state index contributed by atoms with van der Waals surface area (Å²) in [6.45, 7) is 0.430. The van der Waals surface area contributed by atoms with Gasteiger partial charge in [-0.1, -0.05) is 17.7 Å². The maximum absolute atomic E-state index is 13.1. The molecular weight excluding hydrogens is 383 g/mol. The lowest BCUT2D eigenvalue weighted by atomic mass is 10.1. The van der Waals surface area contributed by atoms with Crippen molar-refractivity contribution in [3.63, 3.8) is 0 Å². The summed E-state index contributed by atoms with van der Waals surface area (Å²) in [6.07, 6.45) is -1.49. The number of likely N-dealkylation sites (tertiary alicyclic amines) is 1. The monoisotopic (exact) mass is 397 g/mol. The highest BCUT2D eigenvalue weighted by molar-refractivity contribution is 6.30. The molecule has 1 aromatic carbocycles. The molecule has 0 spiro atoms. The van der Waals surface area contributed by atoms with Gasteiger partial charge in [0.25, 0.3) is 0 Å². The van der Waals surface area contributed by atoms with Crippen molar-refractivity contribution in [3.05, 3.63) is 58.9 Å². The molecule has 1 aromatic heterocycles. The third kappa shape index (κ3) is 4.57. The summed E-state index contributed by atoms with van der Waals surface area (Å²) < 4.78 is 39.4. The largest absolute Gasteiger partial charge is 0.418 e. The predicted octanol–water partition coefficient (Wildman–Crippen LogP) is 3.74. The molecule has 1 N–H and O–H groups in total. The molecule has 142 valence electrons. The van der Waals surface area contributed by atoms with E-state index in [1.807, 2.05) is 0 Å². The highest BCUT2D eigenvalue weighted by atomic mass is 35.5. The first-order chi connectivity index (χ1) is 12.7. The molecule has 1 unspecified atom stereocenters. The number of aromatic nitrogens is 1. The van der Waals surface area contributed by atoms with Crippen LogP contribution in [-0.4, -0.2) is 28.2 Å². The first-order valence-corrected chi connectivity index (χ1v) is 8.46. The molecule has 1 aliphatic heterocycles. The second-order valence-electron chi connectivity index (χ2n) is 6.21. The first-order valence-electron chi connectivity index (χ1n) is 8.08. The van der Waals surface area contributed by atoms with Crippen LogP contribution in [0.1, 0.15) is 17.5 Å². The number of benzene rings is 1. The molecule has 0 radical (unpaired) electrons. The molecule has 2 heterocycles. The van der Waals surface area contributed by atoms with Crippen LogP contribution in [0.4, 0.5) is 18.9 Å². The lowest BCUT2D eigenvalue weighted by Crippen LogP contribution is -2.28. The number of hydrogen-bond donors (Lipinski definition) is 1. The minimum Gasteiger partial charge on any atom is -0.337 e. The van der Waals surface area contributed by atoms with Crippen LogP contribution in [0, 0.1) is 5.92 Å². The van der Waals surface area contributed by atoms with Crippen LogP contribution in [0.25, 0.3) is 0 Å². The number of nitrogens with zero attached hydrogens (tertiary/aromatic N) is 2. The topological polar surface area (TPSA) is 62.3 Å². The lowest BCUT2D eigenvalue weighted by molar-refractivity contribution is -0.137. The number of anilines is 1. The first kappa shape index (κ1) is 19.2. The van der Waals surface area contributed by atoms with Crippen molar-refractivity contribution in [2.75, 3.05) is 11.9 Å². The Bertz CT molecular complexity index is 859. The normalized spacial score (nSPS) is 17.3. The van der Waals surface area contributed by atoms with Crippen LogP contribution < -0.4 is 5.32 Å². The van der Waals surface area contributed by atoms with Crippen LogP contribution in [0.5, 0.6) is 0 Å². The number of nitrogens with one attached hydrogen (secondary N) is 1. The van der Waals surface area contributed by atoms with Crippen molar-refractivity contribution in [3.8, 4) is 0 Å². The molecule has 27 heavy (non-hydrogen) atoms. The van der Waals surface area contributed by atoms with E-state index in [0.29, 0.717) is 6.54 Å². The maximum Gasteiger partial charge on any atom is 0.418 e. The van der Waals surface area contributed by atoms with E-state index in [4.69, 9.17) is 11.6 Å². The second-order valence-corrected chi connectivity index (χ2v) is 6.65. The molecule has 0 saturated carbocycles. The molecular formula is C18H15ClF3N3O2. The average Bonchev–Trinajstić information content (AvgIpc) is 2.97. The van der Waals surface area contributed by atoms with Gasteiger partial charge in [-0.3, -0.25) is 14.6 Å². The summed E-state index contributed by atoms with van der Waals surface area (Å²) >= 11 is 5.63. The Balaban J connectivity index is 1.70. The zero-order valence-electron chi connectivity index (χ0n) is 14.0. The predicted molar refractivity (Wildman–Crippen MR) is 92.8 cm³/mol. The Kier molecular flexibility index (Phi) is 5.36.